The Morgan fingerprint density at radius 2 is 2.36 bits per heavy atom. The van der Waals surface area contributed by atoms with Crippen molar-refractivity contribution >= 4 is 28.7 Å². The molecule has 1 atom stereocenters. The van der Waals surface area contributed by atoms with Crippen LogP contribution in [-0.4, -0.2) is 35.7 Å². The number of nitrogens with one attached hydrogen (secondary N) is 1. The van der Waals surface area contributed by atoms with Crippen LogP contribution in [0.2, 0.25) is 0 Å². The van der Waals surface area contributed by atoms with Gasteiger partial charge in [-0.05, 0) is 26.0 Å². The van der Waals surface area contributed by atoms with Gasteiger partial charge in [0.1, 0.15) is 11.0 Å². The number of ether oxygens (including phenoxy) is 1. The lowest BCUT2D eigenvalue weighted by molar-refractivity contribution is 0.0115. The summed E-state index contributed by atoms with van der Waals surface area (Å²) in [7, 11) is 0. The smallest absolute Gasteiger partial charge is 0.318 e. The van der Waals surface area contributed by atoms with E-state index in [0.717, 1.165) is 10.7 Å². The molecule has 22 heavy (non-hydrogen) atoms. The topological polar surface area (TPSA) is 54.5 Å². The van der Waals surface area contributed by atoms with E-state index in [4.69, 9.17) is 4.74 Å². The first-order chi connectivity index (χ1) is 10.6. The summed E-state index contributed by atoms with van der Waals surface area (Å²) in [5.41, 5.74) is 0.986. The van der Waals surface area contributed by atoms with Crippen molar-refractivity contribution in [2.75, 3.05) is 19.8 Å². The van der Waals surface area contributed by atoms with E-state index in [-0.39, 0.29) is 12.1 Å². The van der Waals surface area contributed by atoms with Gasteiger partial charge in [0.05, 0.1) is 19.8 Å². The Morgan fingerprint density at radius 1 is 1.50 bits per heavy atom. The number of carbonyl (C=O) groups is 1. The Labute approximate surface area is 137 Å². The maximum atomic E-state index is 12.5. The number of urea groups is 1. The van der Waals surface area contributed by atoms with Gasteiger partial charge in [-0.15, -0.1) is 22.7 Å². The highest BCUT2D eigenvalue weighted by Crippen LogP contribution is 2.27. The Morgan fingerprint density at radius 3 is 3.05 bits per heavy atom. The Kier molecular flexibility index (Phi) is 4.75. The number of thiazole rings is 1. The van der Waals surface area contributed by atoms with Crippen LogP contribution in [0.5, 0.6) is 0 Å². The fraction of sp³-hybridized carbons (Fsp3) is 0.467. The minimum Gasteiger partial charge on any atom is -0.377 e. The molecule has 1 saturated heterocycles. The second-order valence-electron chi connectivity index (χ2n) is 5.28. The van der Waals surface area contributed by atoms with Gasteiger partial charge in [0.15, 0.2) is 0 Å². The summed E-state index contributed by atoms with van der Waals surface area (Å²) in [5, 5.41) is 5.96. The standard InChI is InChI=1S/C15H19N3O2S2/c1-10-9-21-14(17-10)13-8-20-6-5-18(13)15(19)16-7-12-4-3-11(2)22-12/h3-4,9,13H,5-8H2,1-2H3,(H,16,19). The van der Waals surface area contributed by atoms with Crippen molar-refractivity contribution in [3.05, 3.63) is 38.0 Å². The normalized spacial score (nSPS) is 18.5. The number of hydrogen-bond acceptors (Lipinski definition) is 5. The van der Waals surface area contributed by atoms with E-state index in [1.807, 2.05) is 17.2 Å². The fourth-order valence-electron chi connectivity index (χ4n) is 2.42. The van der Waals surface area contributed by atoms with Gasteiger partial charge in [-0.3, -0.25) is 0 Å². The van der Waals surface area contributed by atoms with Gasteiger partial charge in [0.25, 0.3) is 0 Å². The maximum absolute atomic E-state index is 12.5. The SMILES string of the molecule is Cc1csc(C2COCCN2C(=O)NCc2ccc(C)s2)n1. The molecular formula is C15H19N3O2S2. The molecule has 1 fully saturated rings. The molecule has 2 aromatic heterocycles. The molecule has 2 aromatic rings. The highest BCUT2D eigenvalue weighted by molar-refractivity contribution is 7.11. The Hall–Kier alpha value is -1.44. The lowest BCUT2D eigenvalue weighted by Gasteiger charge is -2.34. The summed E-state index contributed by atoms with van der Waals surface area (Å²) in [6.07, 6.45) is 0. The van der Waals surface area contributed by atoms with Crippen molar-refractivity contribution in [1.82, 2.24) is 15.2 Å². The van der Waals surface area contributed by atoms with E-state index in [0.29, 0.717) is 26.3 Å². The molecule has 0 aliphatic carbocycles. The van der Waals surface area contributed by atoms with Gasteiger partial charge >= 0.3 is 6.03 Å². The molecule has 0 radical (unpaired) electrons. The molecule has 2 amide bonds. The summed E-state index contributed by atoms with van der Waals surface area (Å²) < 4.78 is 5.54. The van der Waals surface area contributed by atoms with Crippen LogP contribution in [0.4, 0.5) is 4.79 Å². The summed E-state index contributed by atoms with van der Waals surface area (Å²) in [6, 6.07) is 3.99. The number of carbonyl (C=O) groups excluding carboxylic acids is 1. The van der Waals surface area contributed by atoms with E-state index in [1.165, 1.54) is 9.75 Å². The molecule has 0 aromatic carbocycles. The third-order valence-electron chi connectivity index (χ3n) is 3.52. The predicted octanol–water partition coefficient (Wildman–Crippen LogP) is 3.10. The second kappa shape index (κ2) is 6.76. The van der Waals surface area contributed by atoms with Crippen LogP contribution in [0, 0.1) is 13.8 Å². The first-order valence-electron chi connectivity index (χ1n) is 7.23. The monoisotopic (exact) mass is 337 g/mol. The zero-order valence-electron chi connectivity index (χ0n) is 12.7. The molecule has 0 saturated carbocycles. The number of morpholine rings is 1. The molecular weight excluding hydrogens is 318 g/mol. The van der Waals surface area contributed by atoms with Crippen molar-refractivity contribution < 1.29 is 9.53 Å². The molecule has 3 heterocycles. The molecule has 0 bridgehead atoms. The van der Waals surface area contributed by atoms with Crippen molar-refractivity contribution in [3.63, 3.8) is 0 Å². The zero-order valence-corrected chi connectivity index (χ0v) is 14.3. The lowest BCUT2D eigenvalue weighted by Crippen LogP contribution is -2.47. The van der Waals surface area contributed by atoms with Gasteiger partial charge in [-0.2, -0.15) is 0 Å². The average Bonchev–Trinajstić information content (AvgIpc) is 3.13. The number of aryl methyl sites for hydroxylation is 2. The maximum Gasteiger partial charge on any atom is 0.318 e. The number of hydrogen-bond donors (Lipinski definition) is 1. The third-order valence-corrected chi connectivity index (χ3v) is 5.59. The molecule has 118 valence electrons. The van der Waals surface area contributed by atoms with E-state index in [9.17, 15) is 4.79 Å². The number of thiophene rings is 1. The molecule has 5 nitrogen and oxygen atoms in total. The Bertz CT molecular complexity index is 653. The fourth-order valence-corrected chi connectivity index (χ4v) is 4.14. The predicted molar refractivity (Wildman–Crippen MR) is 88.4 cm³/mol. The van der Waals surface area contributed by atoms with Crippen molar-refractivity contribution in [2.45, 2.75) is 26.4 Å². The number of rotatable bonds is 3. The minimum absolute atomic E-state index is 0.0489. The van der Waals surface area contributed by atoms with E-state index < -0.39 is 0 Å². The molecule has 0 spiro atoms. The average molecular weight is 337 g/mol. The van der Waals surface area contributed by atoms with Crippen molar-refractivity contribution in [3.8, 4) is 0 Å². The van der Waals surface area contributed by atoms with Crippen LogP contribution in [-0.2, 0) is 11.3 Å². The summed E-state index contributed by atoms with van der Waals surface area (Å²) in [5.74, 6) is 0. The van der Waals surface area contributed by atoms with Gasteiger partial charge in [0, 0.05) is 27.4 Å². The second-order valence-corrected chi connectivity index (χ2v) is 7.54. The van der Waals surface area contributed by atoms with Gasteiger partial charge in [-0.25, -0.2) is 9.78 Å². The zero-order chi connectivity index (χ0) is 15.5. The summed E-state index contributed by atoms with van der Waals surface area (Å²) >= 11 is 3.29. The molecule has 1 aliphatic heterocycles. The molecule has 1 aliphatic rings. The van der Waals surface area contributed by atoms with Crippen LogP contribution in [0.1, 0.15) is 26.5 Å². The van der Waals surface area contributed by atoms with Crippen LogP contribution < -0.4 is 5.32 Å². The Balaban J connectivity index is 1.66. The molecule has 1 unspecified atom stereocenters. The summed E-state index contributed by atoms with van der Waals surface area (Å²) in [6.45, 7) is 6.29. The molecule has 3 rings (SSSR count). The van der Waals surface area contributed by atoms with E-state index in [1.54, 1.807) is 22.7 Å². The van der Waals surface area contributed by atoms with Gasteiger partial charge < -0.3 is 15.0 Å². The molecule has 1 N–H and O–H groups in total. The largest absolute Gasteiger partial charge is 0.377 e. The van der Waals surface area contributed by atoms with Crippen LogP contribution in [0.15, 0.2) is 17.5 Å². The minimum atomic E-state index is -0.0856. The van der Waals surface area contributed by atoms with E-state index in [2.05, 4.69) is 29.4 Å². The van der Waals surface area contributed by atoms with E-state index >= 15 is 0 Å². The third kappa shape index (κ3) is 3.48. The number of amides is 2. The first kappa shape index (κ1) is 15.5. The van der Waals surface area contributed by atoms with Crippen molar-refractivity contribution in [1.29, 1.82) is 0 Å². The van der Waals surface area contributed by atoms with Crippen LogP contribution in [0.3, 0.4) is 0 Å². The molecule has 7 heteroatoms. The van der Waals surface area contributed by atoms with Gasteiger partial charge in [0.2, 0.25) is 0 Å². The quantitative estimate of drug-likeness (QED) is 0.936. The lowest BCUT2D eigenvalue weighted by atomic mass is 10.2. The summed E-state index contributed by atoms with van der Waals surface area (Å²) in [4.78, 5) is 21.3. The van der Waals surface area contributed by atoms with Gasteiger partial charge in [-0.1, -0.05) is 0 Å². The van der Waals surface area contributed by atoms with Crippen LogP contribution in [0.25, 0.3) is 0 Å². The first-order valence-corrected chi connectivity index (χ1v) is 8.92. The highest BCUT2D eigenvalue weighted by atomic mass is 32.1. The number of aromatic nitrogens is 1. The highest BCUT2D eigenvalue weighted by Gasteiger charge is 2.30. The van der Waals surface area contributed by atoms with Crippen LogP contribution >= 0.6 is 22.7 Å². The number of nitrogens with zero attached hydrogens (tertiary/aromatic N) is 2. The van der Waals surface area contributed by atoms with Crippen molar-refractivity contribution in [2.24, 2.45) is 0 Å².